The van der Waals surface area contributed by atoms with Crippen LogP contribution in [0.1, 0.15) is 44.5 Å². The first-order chi connectivity index (χ1) is 9.29. The van der Waals surface area contributed by atoms with Crippen LogP contribution in [0.5, 0.6) is 0 Å². The third-order valence-corrected chi connectivity index (χ3v) is 4.45. The molecule has 0 unspecified atom stereocenters. The second-order valence-electron chi connectivity index (χ2n) is 6.53. The smallest absolute Gasteiger partial charge is 0.308 e. The Hall–Kier alpha value is -1.36. The molecule has 4 nitrogen and oxygen atoms in total. The van der Waals surface area contributed by atoms with Crippen molar-refractivity contribution in [3.63, 3.8) is 0 Å². The fraction of sp³-hybridized carbons (Fsp3) is 0.600. The van der Waals surface area contributed by atoms with Crippen LogP contribution in [-0.4, -0.2) is 28.4 Å². The minimum Gasteiger partial charge on any atom is -0.481 e. The maximum absolute atomic E-state index is 12.3. The van der Waals surface area contributed by atoms with E-state index in [4.69, 9.17) is 0 Å². The summed E-state index contributed by atoms with van der Waals surface area (Å²) in [5, 5.41) is 11.4. The molecule has 1 aromatic rings. The van der Waals surface area contributed by atoms with Crippen molar-refractivity contribution in [3.8, 4) is 0 Å². The zero-order chi connectivity index (χ0) is 14.9. The van der Waals surface area contributed by atoms with Crippen LogP contribution in [-0.2, 0) is 9.59 Å². The number of amides is 1. The van der Waals surface area contributed by atoms with Crippen LogP contribution >= 0.6 is 11.3 Å². The van der Waals surface area contributed by atoms with E-state index < -0.39 is 11.9 Å². The summed E-state index contributed by atoms with van der Waals surface area (Å²) in [5.74, 6) is -1.25. The first-order valence-corrected chi connectivity index (χ1v) is 7.73. The van der Waals surface area contributed by atoms with Crippen molar-refractivity contribution in [3.05, 3.63) is 22.4 Å². The van der Waals surface area contributed by atoms with Crippen LogP contribution in [0.2, 0.25) is 0 Å². The number of hydrogen-bond acceptors (Lipinski definition) is 3. The quantitative estimate of drug-likeness (QED) is 0.932. The number of carboxylic acids is 1. The Labute approximate surface area is 123 Å². The van der Waals surface area contributed by atoms with Crippen molar-refractivity contribution in [2.75, 3.05) is 6.54 Å². The van der Waals surface area contributed by atoms with Crippen LogP contribution < -0.4 is 0 Å². The van der Waals surface area contributed by atoms with E-state index in [-0.39, 0.29) is 17.4 Å². The van der Waals surface area contributed by atoms with Gasteiger partial charge in [-0.05, 0) is 23.3 Å². The molecular formula is C15H21NO3S. The fourth-order valence-corrected chi connectivity index (χ4v) is 3.62. The zero-order valence-electron chi connectivity index (χ0n) is 12.1. The van der Waals surface area contributed by atoms with Gasteiger partial charge in [-0.15, -0.1) is 11.3 Å². The molecule has 1 aliphatic heterocycles. The molecule has 0 aliphatic carbocycles. The molecular weight excluding hydrogens is 274 g/mol. The Bertz CT molecular complexity index is 490. The van der Waals surface area contributed by atoms with Crippen LogP contribution in [0.4, 0.5) is 0 Å². The number of rotatable bonds is 3. The number of nitrogens with zero attached hydrogens (tertiary/aromatic N) is 1. The van der Waals surface area contributed by atoms with Crippen LogP contribution in [0.25, 0.3) is 0 Å². The summed E-state index contributed by atoms with van der Waals surface area (Å²) in [4.78, 5) is 26.6. The number of piperidine rings is 1. The summed E-state index contributed by atoms with van der Waals surface area (Å²) in [6.45, 7) is 6.78. The summed E-state index contributed by atoms with van der Waals surface area (Å²) in [6.07, 6.45) is 0.756. The highest BCUT2D eigenvalue weighted by atomic mass is 32.1. The lowest BCUT2D eigenvalue weighted by Gasteiger charge is -2.42. The van der Waals surface area contributed by atoms with Gasteiger partial charge in [-0.1, -0.05) is 26.8 Å². The maximum Gasteiger partial charge on any atom is 0.308 e. The van der Waals surface area contributed by atoms with E-state index in [1.54, 1.807) is 4.90 Å². The van der Waals surface area contributed by atoms with Crippen molar-refractivity contribution in [1.29, 1.82) is 0 Å². The standard InChI is InChI=1S/C15H21NO3S/c1-15(2,3)9-16-12(17)7-6-10(14(18)19)13(16)11-5-4-8-20-11/h4-5,8,10,13H,6-7,9H2,1-3H3,(H,18,19)/t10-,13+/m1/s1. The first kappa shape index (κ1) is 15.0. The fourth-order valence-electron chi connectivity index (χ4n) is 2.72. The molecule has 2 heterocycles. The van der Waals surface area contributed by atoms with Crippen molar-refractivity contribution in [1.82, 2.24) is 4.90 Å². The summed E-state index contributed by atoms with van der Waals surface area (Å²) >= 11 is 1.53. The summed E-state index contributed by atoms with van der Waals surface area (Å²) < 4.78 is 0. The van der Waals surface area contributed by atoms with Crippen LogP contribution in [0, 0.1) is 11.3 Å². The molecule has 1 amide bonds. The monoisotopic (exact) mass is 295 g/mol. The molecule has 2 atom stereocenters. The van der Waals surface area contributed by atoms with E-state index in [0.717, 1.165) is 4.88 Å². The highest BCUT2D eigenvalue weighted by Crippen LogP contribution is 2.40. The predicted octanol–water partition coefficient (Wildman–Crippen LogP) is 3.16. The molecule has 1 saturated heterocycles. The highest BCUT2D eigenvalue weighted by molar-refractivity contribution is 7.10. The Morgan fingerprint density at radius 2 is 2.20 bits per heavy atom. The average Bonchev–Trinajstić information content (AvgIpc) is 2.82. The molecule has 5 heteroatoms. The molecule has 1 fully saturated rings. The Balaban J connectivity index is 2.37. The van der Waals surface area contributed by atoms with Crippen molar-refractivity contribution < 1.29 is 14.7 Å². The number of carbonyl (C=O) groups excluding carboxylic acids is 1. The Kier molecular flexibility index (Phi) is 4.18. The van der Waals surface area contributed by atoms with E-state index in [2.05, 4.69) is 20.8 Å². The average molecular weight is 295 g/mol. The summed E-state index contributed by atoms with van der Waals surface area (Å²) in [7, 11) is 0. The number of carboxylic acid groups (broad SMARTS) is 1. The van der Waals surface area contributed by atoms with Gasteiger partial charge in [0.25, 0.3) is 0 Å². The predicted molar refractivity (Wildman–Crippen MR) is 78.6 cm³/mol. The normalized spacial score (nSPS) is 23.9. The molecule has 1 aromatic heterocycles. The largest absolute Gasteiger partial charge is 0.481 e. The van der Waals surface area contributed by atoms with Crippen molar-refractivity contribution >= 4 is 23.2 Å². The van der Waals surface area contributed by atoms with E-state index >= 15 is 0 Å². The van der Waals surface area contributed by atoms with Gasteiger partial charge in [0.05, 0.1) is 12.0 Å². The molecule has 0 saturated carbocycles. The maximum atomic E-state index is 12.3. The van der Waals surface area contributed by atoms with Crippen LogP contribution in [0.3, 0.4) is 0 Å². The summed E-state index contributed by atoms with van der Waals surface area (Å²) in [5.41, 5.74) is -0.0500. The molecule has 0 spiro atoms. The second kappa shape index (κ2) is 5.56. The van der Waals surface area contributed by atoms with Gasteiger partial charge in [-0.25, -0.2) is 0 Å². The molecule has 0 bridgehead atoms. The number of aliphatic carboxylic acids is 1. The molecule has 1 aliphatic rings. The Morgan fingerprint density at radius 1 is 1.50 bits per heavy atom. The lowest BCUT2D eigenvalue weighted by Crippen LogP contribution is -2.48. The SMILES string of the molecule is CC(C)(C)CN1C(=O)CC[C@@H](C(=O)O)[C@H]1c1cccs1. The minimum atomic E-state index is -0.810. The van der Waals surface area contributed by atoms with Gasteiger partial charge in [0.2, 0.25) is 5.91 Å². The molecule has 110 valence electrons. The molecule has 20 heavy (non-hydrogen) atoms. The third-order valence-electron chi connectivity index (χ3n) is 3.50. The van der Waals surface area contributed by atoms with Crippen LogP contribution in [0.15, 0.2) is 17.5 Å². The van der Waals surface area contributed by atoms with Gasteiger partial charge < -0.3 is 10.0 Å². The lowest BCUT2D eigenvalue weighted by atomic mass is 9.85. The molecule has 2 rings (SSSR count). The van der Waals surface area contributed by atoms with Gasteiger partial charge in [0.1, 0.15) is 0 Å². The van der Waals surface area contributed by atoms with Crippen molar-refractivity contribution in [2.45, 2.75) is 39.7 Å². The molecule has 0 radical (unpaired) electrons. The van der Waals surface area contributed by atoms with E-state index in [1.165, 1.54) is 11.3 Å². The lowest BCUT2D eigenvalue weighted by molar-refractivity contribution is -0.153. The second-order valence-corrected chi connectivity index (χ2v) is 7.51. The van der Waals surface area contributed by atoms with E-state index in [1.807, 2.05) is 17.5 Å². The van der Waals surface area contributed by atoms with Gasteiger partial charge in [-0.2, -0.15) is 0 Å². The minimum absolute atomic E-state index is 0.0500. The number of thiophene rings is 1. The first-order valence-electron chi connectivity index (χ1n) is 6.85. The van der Waals surface area contributed by atoms with E-state index in [0.29, 0.717) is 19.4 Å². The number of hydrogen-bond donors (Lipinski definition) is 1. The van der Waals surface area contributed by atoms with Gasteiger partial charge >= 0.3 is 5.97 Å². The van der Waals surface area contributed by atoms with Gasteiger partial charge in [-0.3, -0.25) is 9.59 Å². The molecule has 1 N–H and O–H groups in total. The van der Waals surface area contributed by atoms with Gasteiger partial charge in [0.15, 0.2) is 0 Å². The van der Waals surface area contributed by atoms with Crippen molar-refractivity contribution in [2.24, 2.45) is 11.3 Å². The molecule has 0 aromatic carbocycles. The highest BCUT2D eigenvalue weighted by Gasteiger charge is 2.42. The number of carbonyl (C=O) groups is 2. The number of likely N-dealkylation sites (tertiary alicyclic amines) is 1. The third kappa shape index (κ3) is 3.20. The van der Waals surface area contributed by atoms with Gasteiger partial charge in [0, 0.05) is 17.8 Å². The Morgan fingerprint density at radius 3 is 2.70 bits per heavy atom. The van der Waals surface area contributed by atoms with E-state index in [9.17, 15) is 14.7 Å². The topological polar surface area (TPSA) is 57.6 Å². The zero-order valence-corrected chi connectivity index (χ0v) is 12.9. The summed E-state index contributed by atoms with van der Waals surface area (Å²) in [6, 6.07) is 3.51.